The zero-order chi connectivity index (χ0) is 10.2. The van der Waals surface area contributed by atoms with Crippen LogP contribution in [0.15, 0.2) is 42.4 Å². The van der Waals surface area contributed by atoms with Gasteiger partial charge < -0.3 is 24.8 Å². The molecule has 1 aromatic rings. The van der Waals surface area contributed by atoms with Gasteiger partial charge in [0.15, 0.2) is 0 Å². The molecule has 0 atom stereocenters. The number of hydrogen-bond donors (Lipinski definition) is 0. The molecule has 0 fully saturated rings. The fraction of sp³-hybridized carbons (Fsp3) is 0.250. The Kier molecular flexibility index (Phi) is 18.7. The molecule has 17 heavy (non-hydrogen) atoms. The summed E-state index contributed by atoms with van der Waals surface area (Å²) in [7, 11) is 4.07. The summed E-state index contributed by atoms with van der Waals surface area (Å²) in [5.41, 5.74) is 1.25. The predicted molar refractivity (Wildman–Crippen MR) is 63.7 cm³/mol. The van der Waals surface area contributed by atoms with Gasteiger partial charge >= 0.3 is 81.9 Å². The standard InChI is InChI=1S/C7H10BN.C5H5.2ClH.Zr/c1-9(2)7-5-3-4-6-8-7;1-2-4-5-3-1;;;/h3-6H,1-2H3;1-3H,4H2;2*1H;/q;-1;;;+3/p-2. The second-order valence-electron chi connectivity index (χ2n) is 3.23. The number of hydrogen-bond acceptors (Lipinski definition) is 1. The van der Waals surface area contributed by atoms with Crippen LogP contribution in [0.3, 0.4) is 0 Å². The third kappa shape index (κ3) is 11.0. The topological polar surface area (TPSA) is 3.24 Å². The van der Waals surface area contributed by atoms with Gasteiger partial charge in [-0.25, -0.2) is 12.2 Å². The number of allylic oxidation sites excluding steroid dienone is 4. The minimum Gasteiger partial charge on any atom is -1.00 e. The average molecular weight is 346 g/mol. The minimum atomic E-state index is 0. The maximum absolute atomic E-state index is 2.99. The summed E-state index contributed by atoms with van der Waals surface area (Å²) >= 11 is 0. The number of rotatable bonds is 1. The molecule has 1 aliphatic rings. The first kappa shape index (κ1) is 22.3. The number of nitrogens with zero attached hydrogens (tertiary/aromatic N) is 1. The largest absolute Gasteiger partial charge is 3.00 e. The molecule has 1 radical (unpaired) electrons. The molecule has 0 spiro atoms. The SMILES string of the molecule is CN(C)c1bcccc1.[C-]1=CC=CC1.[Cl-].[Cl-].[Zr+3]. The third-order valence-electron chi connectivity index (χ3n) is 1.86. The van der Waals surface area contributed by atoms with E-state index in [0.717, 1.165) is 6.42 Å². The van der Waals surface area contributed by atoms with E-state index < -0.39 is 0 Å². The van der Waals surface area contributed by atoms with E-state index in [1.54, 1.807) is 0 Å². The van der Waals surface area contributed by atoms with Crippen molar-refractivity contribution >= 4 is 12.5 Å². The van der Waals surface area contributed by atoms with Gasteiger partial charge in [-0.2, -0.15) is 6.08 Å². The van der Waals surface area contributed by atoms with E-state index in [0.29, 0.717) is 0 Å². The summed E-state index contributed by atoms with van der Waals surface area (Å²) in [5.74, 6) is 2.04. The van der Waals surface area contributed by atoms with Gasteiger partial charge in [0, 0.05) is 0 Å². The van der Waals surface area contributed by atoms with Crippen LogP contribution in [0.25, 0.3) is 0 Å². The summed E-state index contributed by atoms with van der Waals surface area (Å²) in [4.78, 5) is 2.08. The van der Waals surface area contributed by atoms with Crippen molar-refractivity contribution in [3.63, 3.8) is 0 Å². The zero-order valence-corrected chi connectivity index (χ0v) is 14.0. The van der Waals surface area contributed by atoms with E-state index in [4.69, 9.17) is 0 Å². The fourth-order valence-corrected chi connectivity index (χ4v) is 1.07. The molecule has 0 amide bonds. The molecule has 1 aromatic heterocycles. The molecule has 2 rings (SSSR count). The van der Waals surface area contributed by atoms with Gasteiger partial charge in [0.05, 0.1) is 0 Å². The summed E-state index contributed by atoms with van der Waals surface area (Å²) in [6.45, 7) is 2.08. The van der Waals surface area contributed by atoms with Crippen LogP contribution in [0.4, 0.5) is 5.58 Å². The van der Waals surface area contributed by atoms with Gasteiger partial charge in [-0.15, -0.1) is 6.42 Å². The van der Waals surface area contributed by atoms with Gasteiger partial charge in [0.1, 0.15) is 0 Å². The normalized spacial score (nSPS) is 9.76. The van der Waals surface area contributed by atoms with E-state index in [-0.39, 0.29) is 51.0 Å². The maximum Gasteiger partial charge on any atom is 3.00 e. The van der Waals surface area contributed by atoms with E-state index in [1.165, 1.54) is 5.58 Å². The van der Waals surface area contributed by atoms with Crippen LogP contribution in [0.1, 0.15) is 6.42 Å². The first-order valence-corrected chi connectivity index (χ1v) is 4.75. The van der Waals surface area contributed by atoms with E-state index in [9.17, 15) is 0 Å². The first-order chi connectivity index (χ1) is 6.80. The van der Waals surface area contributed by atoms with Gasteiger partial charge in [0.25, 0.3) is 0 Å². The second-order valence-corrected chi connectivity index (χ2v) is 3.23. The van der Waals surface area contributed by atoms with Crippen molar-refractivity contribution in [1.82, 2.24) is 0 Å². The van der Waals surface area contributed by atoms with Crippen molar-refractivity contribution in [2.24, 2.45) is 0 Å². The van der Waals surface area contributed by atoms with Crippen molar-refractivity contribution in [2.45, 2.75) is 6.42 Å². The molecule has 89 valence electrons. The molecule has 1 nitrogen and oxygen atoms in total. The van der Waals surface area contributed by atoms with Crippen LogP contribution in [-0.4, -0.2) is 21.0 Å². The molecule has 1 aliphatic carbocycles. The Labute approximate surface area is 137 Å². The van der Waals surface area contributed by atoms with Crippen LogP contribution in [-0.2, 0) is 26.2 Å². The molecular weight excluding hydrogens is 331 g/mol. The summed E-state index contributed by atoms with van der Waals surface area (Å²) in [6, 6.07) is 6.14. The molecule has 0 saturated heterocycles. The Balaban J connectivity index is -0.000000216. The third-order valence-corrected chi connectivity index (χ3v) is 1.86. The molecule has 0 bridgehead atoms. The minimum absolute atomic E-state index is 0. The zero-order valence-electron chi connectivity index (χ0n) is 10.0. The first-order valence-electron chi connectivity index (χ1n) is 4.75. The van der Waals surface area contributed by atoms with Crippen molar-refractivity contribution in [1.29, 1.82) is 0 Å². The summed E-state index contributed by atoms with van der Waals surface area (Å²) < 4.78 is 0. The van der Waals surface area contributed by atoms with Crippen LogP contribution in [0.2, 0.25) is 0 Å². The van der Waals surface area contributed by atoms with Crippen molar-refractivity contribution < 1.29 is 51.0 Å². The van der Waals surface area contributed by atoms with Crippen molar-refractivity contribution in [3.05, 3.63) is 48.5 Å². The summed E-state index contributed by atoms with van der Waals surface area (Å²) in [5, 5.41) is 0. The van der Waals surface area contributed by atoms with Gasteiger partial charge in [-0.05, 0) is 0 Å². The maximum atomic E-state index is 2.99. The molecule has 5 heteroatoms. The van der Waals surface area contributed by atoms with Crippen LogP contribution in [0.5, 0.6) is 0 Å². The Morgan fingerprint density at radius 3 is 2.18 bits per heavy atom. The Morgan fingerprint density at radius 1 is 1.24 bits per heavy atom. The van der Waals surface area contributed by atoms with Crippen molar-refractivity contribution in [2.75, 3.05) is 19.0 Å². The fourth-order valence-electron chi connectivity index (χ4n) is 1.07. The van der Waals surface area contributed by atoms with Crippen LogP contribution in [0, 0.1) is 6.08 Å². The summed E-state index contributed by atoms with van der Waals surface area (Å²) in [6.07, 6.45) is 10.0. The predicted octanol–water partition coefficient (Wildman–Crippen LogP) is -3.60. The molecule has 0 N–H and O–H groups in total. The molecule has 0 aromatic carbocycles. The van der Waals surface area contributed by atoms with Gasteiger partial charge in [-0.1, -0.05) is 0 Å². The van der Waals surface area contributed by atoms with Gasteiger partial charge in [-0.3, -0.25) is 6.08 Å². The Morgan fingerprint density at radius 2 is 1.94 bits per heavy atom. The van der Waals surface area contributed by atoms with E-state index in [1.807, 2.05) is 44.3 Å². The molecule has 0 unspecified atom stereocenters. The Bertz CT molecular complexity index is 306. The Hall–Kier alpha value is 0.158. The second kappa shape index (κ2) is 14.2. The number of halogens is 2. The quantitative estimate of drug-likeness (QED) is 0.475. The molecule has 1 heterocycles. The molecule has 0 aliphatic heterocycles. The van der Waals surface area contributed by atoms with Crippen LogP contribution >= 0.6 is 0 Å². The monoisotopic (exact) mass is 344 g/mol. The van der Waals surface area contributed by atoms with E-state index >= 15 is 0 Å². The van der Waals surface area contributed by atoms with Gasteiger partial charge in [0.2, 0.25) is 0 Å². The van der Waals surface area contributed by atoms with Crippen LogP contribution < -0.4 is 29.7 Å². The van der Waals surface area contributed by atoms with E-state index in [2.05, 4.69) is 30.0 Å². The molecular formula is C12H15BCl2NZr. The average Bonchev–Trinajstić information content (AvgIpc) is 2.77. The molecule has 0 saturated carbocycles. The number of anilines is 1. The smallest absolute Gasteiger partial charge is 1.00 e. The van der Waals surface area contributed by atoms with Crippen molar-refractivity contribution in [3.8, 4) is 0 Å².